The number of rotatable bonds is 4. The lowest BCUT2D eigenvalue weighted by Gasteiger charge is -2.06. The molecule has 2 aromatic rings. The van der Waals surface area contributed by atoms with Gasteiger partial charge in [-0.1, -0.05) is 6.07 Å². The van der Waals surface area contributed by atoms with E-state index in [1.54, 1.807) is 6.26 Å². The molecule has 1 heterocycles. The first-order valence-corrected chi connectivity index (χ1v) is 7.99. The van der Waals surface area contributed by atoms with Crippen LogP contribution in [0.4, 0.5) is 10.2 Å². The zero-order chi connectivity index (χ0) is 14.8. The standard InChI is InChI=1S/C11H9FN4O2S2/c1-19-11-9(6-13)10(14-15-11)16-20(17,18)8-4-2-3-7(12)5-8/h2-5H,1H3,(H2,14,15,16). The Balaban J connectivity index is 2.39. The Hall–Kier alpha value is -2.05. The van der Waals surface area contributed by atoms with Crippen LogP contribution in [0.2, 0.25) is 0 Å². The van der Waals surface area contributed by atoms with Crippen molar-refractivity contribution in [3.8, 4) is 6.07 Å². The molecule has 0 atom stereocenters. The molecule has 0 aliphatic rings. The van der Waals surface area contributed by atoms with E-state index in [9.17, 15) is 12.8 Å². The predicted molar refractivity (Wildman–Crippen MR) is 72.3 cm³/mol. The molecule has 0 bridgehead atoms. The highest BCUT2D eigenvalue weighted by Gasteiger charge is 2.20. The van der Waals surface area contributed by atoms with Gasteiger partial charge in [0.25, 0.3) is 10.0 Å². The zero-order valence-corrected chi connectivity index (χ0v) is 11.8. The van der Waals surface area contributed by atoms with Gasteiger partial charge in [0.2, 0.25) is 0 Å². The van der Waals surface area contributed by atoms with Gasteiger partial charge in [0.05, 0.1) is 4.90 Å². The number of benzene rings is 1. The Morgan fingerprint density at radius 1 is 1.50 bits per heavy atom. The first-order valence-electron chi connectivity index (χ1n) is 5.29. The van der Waals surface area contributed by atoms with Gasteiger partial charge in [-0.05, 0) is 24.5 Å². The van der Waals surface area contributed by atoms with Gasteiger partial charge in [0.1, 0.15) is 22.5 Å². The molecule has 2 N–H and O–H groups in total. The van der Waals surface area contributed by atoms with Crippen molar-refractivity contribution in [1.82, 2.24) is 10.2 Å². The Morgan fingerprint density at radius 2 is 2.25 bits per heavy atom. The van der Waals surface area contributed by atoms with Crippen LogP contribution in [-0.4, -0.2) is 24.9 Å². The minimum atomic E-state index is -3.98. The second-order valence-electron chi connectivity index (χ2n) is 3.66. The van der Waals surface area contributed by atoms with Crippen molar-refractivity contribution in [2.24, 2.45) is 0 Å². The van der Waals surface area contributed by atoms with Crippen molar-refractivity contribution in [3.63, 3.8) is 0 Å². The smallest absolute Gasteiger partial charge is 0.263 e. The summed E-state index contributed by atoms with van der Waals surface area (Å²) in [6.07, 6.45) is 1.71. The number of nitrogens with one attached hydrogen (secondary N) is 2. The number of aromatic nitrogens is 2. The molecule has 1 aromatic heterocycles. The Bertz CT molecular complexity index is 780. The molecule has 0 unspecified atom stereocenters. The van der Waals surface area contributed by atoms with E-state index in [0.717, 1.165) is 12.1 Å². The van der Waals surface area contributed by atoms with Crippen LogP contribution in [-0.2, 0) is 10.0 Å². The van der Waals surface area contributed by atoms with Gasteiger partial charge >= 0.3 is 0 Å². The number of nitrogens with zero attached hydrogens (tertiary/aromatic N) is 2. The van der Waals surface area contributed by atoms with E-state index < -0.39 is 15.8 Å². The molecule has 0 saturated carbocycles. The number of halogens is 1. The average molecular weight is 312 g/mol. The summed E-state index contributed by atoms with van der Waals surface area (Å²) in [6, 6.07) is 6.44. The number of aromatic amines is 1. The van der Waals surface area contributed by atoms with E-state index in [-0.39, 0.29) is 16.3 Å². The molecule has 6 nitrogen and oxygen atoms in total. The summed E-state index contributed by atoms with van der Waals surface area (Å²) in [5.74, 6) is -0.705. The van der Waals surface area contributed by atoms with Crippen molar-refractivity contribution < 1.29 is 12.8 Å². The highest BCUT2D eigenvalue weighted by atomic mass is 32.2. The topological polar surface area (TPSA) is 98.6 Å². The average Bonchev–Trinajstić information content (AvgIpc) is 2.80. The molecule has 0 aliphatic heterocycles. The van der Waals surface area contributed by atoms with Gasteiger partial charge in [0, 0.05) is 0 Å². The van der Waals surface area contributed by atoms with Crippen molar-refractivity contribution in [1.29, 1.82) is 5.26 Å². The molecule has 0 spiro atoms. The van der Waals surface area contributed by atoms with Crippen LogP contribution in [0.3, 0.4) is 0 Å². The maximum atomic E-state index is 13.1. The normalized spacial score (nSPS) is 11.1. The summed E-state index contributed by atoms with van der Waals surface area (Å²) in [5, 5.41) is 15.6. The van der Waals surface area contributed by atoms with Crippen molar-refractivity contribution in [2.75, 3.05) is 11.0 Å². The van der Waals surface area contributed by atoms with Crippen molar-refractivity contribution in [2.45, 2.75) is 9.92 Å². The van der Waals surface area contributed by atoms with Gasteiger partial charge in [0.15, 0.2) is 5.82 Å². The van der Waals surface area contributed by atoms with E-state index in [0.29, 0.717) is 5.03 Å². The number of H-pyrrole nitrogens is 1. The number of nitriles is 1. The van der Waals surface area contributed by atoms with E-state index in [1.165, 1.54) is 23.9 Å². The Labute approximate surface area is 119 Å². The fourth-order valence-electron chi connectivity index (χ4n) is 1.48. The molecule has 9 heteroatoms. The van der Waals surface area contributed by atoms with Crippen LogP contribution in [0.25, 0.3) is 0 Å². The van der Waals surface area contributed by atoms with E-state index in [4.69, 9.17) is 5.26 Å². The fraction of sp³-hybridized carbons (Fsp3) is 0.0909. The Kier molecular flexibility index (Phi) is 3.96. The van der Waals surface area contributed by atoms with Crippen molar-refractivity contribution >= 4 is 27.6 Å². The van der Waals surface area contributed by atoms with Gasteiger partial charge in [-0.15, -0.1) is 11.8 Å². The third kappa shape index (κ3) is 2.76. The molecular formula is C11H9FN4O2S2. The molecule has 0 radical (unpaired) electrons. The van der Waals surface area contributed by atoms with Gasteiger partial charge in [-0.25, -0.2) is 12.8 Å². The molecule has 1 aromatic carbocycles. The molecule has 2 rings (SSSR count). The lowest BCUT2D eigenvalue weighted by molar-refractivity contribution is 0.595. The van der Waals surface area contributed by atoms with E-state index in [2.05, 4.69) is 14.9 Å². The van der Waals surface area contributed by atoms with E-state index in [1.807, 2.05) is 6.07 Å². The van der Waals surface area contributed by atoms with Crippen LogP contribution in [0.5, 0.6) is 0 Å². The second-order valence-corrected chi connectivity index (χ2v) is 6.13. The maximum absolute atomic E-state index is 13.1. The first-order chi connectivity index (χ1) is 9.47. The van der Waals surface area contributed by atoms with Crippen LogP contribution < -0.4 is 4.72 Å². The van der Waals surface area contributed by atoms with Gasteiger partial charge in [-0.3, -0.25) is 9.82 Å². The number of hydrogen-bond donors (Lipinski definition) is 2. The summed E-state index contributed by atoms with van der Waals surface area (Å²) in [6.45, 7) is 0. The highest BCUT2D eigenvalue weighted by molar-refractivity contribution is 7.98. The highest BCUT2D eigenvalue weighted by Crippen LogP contribution is 2.25. The SMILES string of the molecule is CSc1n[nH]c(NS(=O)(=O)c2cccc(F)c2)c1C#N. The quantitative estimate of drug-likeness (QED) is 0.841. The zero-order valence-electron chi connectivity index (χ0n) is 10.2. The van der Waals surface area contributed by atoms with Gasteiger partial charge < -0.3 is 0 Å². The van der Waals surface area contributed by atoms with E-state index >= 15 is 0 Å². The summed E-state index contributed by atoms with van der Waals surface area (Å²) in [7, 11) is -3.98. The summed E-state index contributed by atoms with van der Waals surface area (Å²) in [5.41, 5.74) is 0.0949. The molecule has 0 amide bonds. The third-order valence-electron chi connectivity index (χ3n) is 2.38. The molecule has 0 aliphatic carbocycles. The molecule has 20 heavy (non-hydrogen) atoms. The molecule has 104 valence electrons. The number of anilines is 1. The third-order valence-corrected chi connectivity index (χ3v) is 4.41. The predicted octanol–water partition coefficient (Wildman–Crippen LogP) is 1.94. The summed E-state index contributed by atoms with van der Waals surface area (Å²) in [4.78, 5) is -0.235. The number of hydrogen-bond acceptors (Lipinski definition) is 5. The van der Waals surface area contributed by atoms with Gasteiger partial charge in [-0.2, -0.15) is 10.4 Å². The minimum absolute atomic E-state index is 0.0406. The molecular weight excluding hydrogens is 303 g/mol. The lowest BCUT2D eigenvalue weighted by Crippen LogP contribution is -2.14. The maximum Gasteiger partial charge on any atom is 0.263 e. The summed E-state index contributed by atoms with van der Waals surface area (Å²) >= 11 is 1.21. The van der Waals surface area contributed by atoms with Crippen molar-refractivity contribution in [3.05, 3.63) is 35.6 Å². The Morgan fingerprint density at radius 3 is 2.85 bits per heavy atom. The largest absolute Gasteiger partial charge is 0.263 e. The monoisotopic (exact) mass is 312 g/mol. The van der Waals surface area contributed by atoms with Crippen LogP contribution in [0.15, 0.2) is 34.2 Å². The fourth-order valence-corrected chi connectivity index (χ4v) is 3.03. The lowest BCUT2D eigenvalue weighted by atomic mass is 10.4. The number of sulfonamides is 1. The van der Waals surface area contributed by atoms with Crippen LogP contribution in [0, 0.1) is 17.1 Å². The number of thioether (sulfide) groups is 1. The minimum Gasteiger partial charge on any atom is -0.263 e. The van der Waals surface area contributed by atoms with Crippen LogP contribution >= 0.6 is 11.8 Å². The summed E-state index contributed by atoms with van der Waals surface area (Å²) < 4.78 is 39.4. The molecule has 0 saturated heterocycles. The second kappa shape index (κ2) is 5.52. The first kappa shape index (κ1) is 14.4. The molecule has 0 fully saturated rings. The van der Waals surface area contributed by atoms with Crippen LogP contribution in [0.1, 0.15) is 5.56 Å².